The molecule has 0 saturated heterocycles. The highest BCUT2D eigenvalue weighted by Crippen LogP contribution is 2.30. The van der Waals surface area contributed by atoms with Gasteiger partial charge >= 0.3 is 6.18 Å². The average Bonchev–Trinajstić information content (AvgIpc) is 2.27. The number of primary amides is 1. The number of nitrogens with zero attached hydrogens (tertiary/aromatic N) is 1. The number of rotatable bonds is 4. The number of carbonyl (C=O) groups is 1. The second kappa shape index (κ2) is 5.40. The number of aromatic nitrogens is 1. The molecule has 1 aromatic heterocycles. The van der Waals surface area contributed by atoms with Crippen molar-refractivity contribution in [3.05, 3.63) is 23.4 Å². The van der Waals surface area contributed by atoms with Crippen LogP contribution in [-0.2, 0) is 6.18 Å². The highest BCUT2D eigenvalue weighted by atomic mass is 19.4. The van der Waals surface area contributed by atoms with Gasteiger partial charge in [-0.25, -0.2) is 4.98 Å². The Labute approximate surface area is 101 Å². The van der Waals surface area contributed by atoms with Gasteiger partial charge < -0.3 is 10.5 Å². The minimum absolute atomic E-state index is 0.0505. The van der Waals surface area contributed by atoms with Crippen LogP contribution < -0.4 is 10.5 Å². The predicted molar refractivity (Wildman–Crippen MR) is 56.7 cm³/mol. The predicted octanol–water partition coefficient (Wildman–Crippen LogP) is 1.60. The topological polar surface area (TPSA) is 65.2 Å². The quantitative estimate of drug-likeness (QED) is 0.659. The number of carbonyl (C=O) groups excluding carboxylic acids is 1. The minimum Gasteiger partial charge on any atom is -0.476 e. The molecule has 0 bridgehead atoms. The van der Waals surface area contributed by atoms with Crippen LogP contribution in [0.15, 0.2) is 12.1 Å². The second-order valence-electron chi connectivity index (χ2n) is 3.21. The fourth-order valence-electron chi connectivity index (χ4n) is 1.10. The van der Waals surface area contributed by atoms with Crippen LogP contribution in [0.1, 0.15) is 22.5 Å². The van der Waals surface area contributed by atoms with Crippen molar-refractivity contribution in [2.45, 2.75) is 12.6 Å². The van der Waals surface area contributed by atoms with Crippen LogP contribution in [0.2, 0.25) is 0 Å². The maximum absolute atomic E-state index is 12.4. The van der Waals surface area contributed by atoms with Crippen LogP contribution >= 0.6 is 0 Å². The summed E-state index contributed by atoms with van der Waals surface area (Å²) >= 11 is 0. The number of terminal acetylenes is 1. The van der Waals surface area contributed by atoms with E-state index in [1.54, 1.807) is 0 Å². The Morgan fingerprint density at radius 1 is 1.50 bits per heavy atom. The lowest BCUT2D eigenvalue weighted by Gasteiger charge is -2.11. The fourth-order valence-corrected chi connectivity index (χ4v) is 1.10. The summed E-state index contributed by atoms with van der Waals surface area (Å²) in [5.41, 5.74) is 3.61. The molecular weight excluding hydrogens is 249 g/mol. The van der Waals surface area contributed by atoms with E-state index in [1.165, 1.54) is 0 Å². The van der Waals surface area contributed by atoms with Gasteiger partial charge in [-0.2, -0.15) is 13.2 Å². The SMILES string of the molecule is C#CCCOc1nc(C(F)(F)F)ccc1C(N)=O. The molecule has 0 radical (unpaired) electrons. The van der Waals surface area contributed by atoms with Crippen molar-refractivity contribution in [1.29, 1.82) is 0 Å². The van der Waals surface area contributed by atoms with E-state index < -0.39 is 23.7 Å². The van der Waals surface area contributed by atoms with Gasteiger partial charge in [0.25, 0.3) is 5.91 Å². The lowest BCUT2D eigenvalue weighted by Crippen LogP contribution is -2.17. The third kappa shape index (κ3) is 3.38. The number of amides is 1. The molecule has 4 nitrogen and oxygen atoms in total. The number of hydrogen-bond acceptors (Lipinski definition) is 3. The molecule has 1 rings (SSSR count). The molecular formula is C11H9F3N2O2. The Hall–Kier alpha value is -2.23. The molecule has 0 fully saturated rings. The average molecular weight is 258 g/mol. The van der Waals surface area contributed by atoms with Crippen LogP contribution in [0.4, 0.5) is 13.2 Å². The molecule has 7 heteroatoms. The minimum atomic E-state index is -4.62. The normalized spacial score (nSPS) is 10.8. The molecule has 96 valence electrons. The first kappa shape index (κ1) is 13.8. The fraction of sp³-hybridized carbons (Fsp3) is 0.273. The van der Waals surface area contributed by atoms with E-state index in [4.69, 9.17) is 16.9 Å². The molecule has 0 aliphatic heterocycles. The number of pyridine rings is 1. The van der Waals surface area contributed by atoms with E-state index in [-0.39, 0.29) is 18.6 Å². The molecule has 0 aliphatic carbocycles. The Morgan fingerprint density at radius 3 is 2.67 bits per heavy atom. The monoisotopic (exact) mass is 258 g/mol. The van der Waals surface area contributed by atoms with E-state index in [0.717, 1.165) is 6.07 Å². The van der Waals surface area contributed by atoms with Crippen molar-refractivity contribution in [3.63, 3.8) is 0 Å². The summed E-state index contributed by atoms with van der Waals surface area (Å²) in [4.78, 5) is 14.2. The molecule has 0 unspecified atom stereocenters. The largest absolute Gasteiger partial charge is 0.476 e. The summed E-state index contributed by atoms with van der Waals surface area (Å²) in [6.45, 7) is -0.0505. The van der Waals surface area contributed by atoms with Gasteiger partial charge in [0.05, 0.1) is 0 Å². The zero-order chi connectivity index (χ0) is 13.8. The first-order valence-electron chi connectivity index (χ1n) is 4.80. The number of halogens is 3. The highest BCUT2D eigenvalue weighted by Gasteiger charge is 2.33. The van der Waals surface area contributed by atoms with E-state index >= 15 is 0 Å². The number of ether oxygens (including phenoxy) is 1. The van der Waals surface area contributed by atoms with Crippen molar-refractivity contribution in [2.75, 3.05) is 6.61 Å². The van der Waals surface area contributed by atoms with Crippen LogP contribution in [-0.4, -0.2) is 17.5 Å². The zero-order valence-corrected chi connectivity index (χ0v) is 9.12. The smallest absolute Gasteiger partial charge is 0.433 e. The number of nitrogens with two attached hydrogens (primary N) is 1. The number of alkyl halides is 3. The Morgan fingerprint density at radius 2 is 2.17 bits per heavy atom. The summed E-state index contributed by atoms with van der Waals surface area (Å²) in [5, 5.41) is 0. The summed E-state index contributed by atoms with van der Waals surface area (Å²) < 4.78 is 42.2. The van der Waals surface area contributed by atoms with Crippen molar-refractivity contribution < 1.29 is 22.7 Å². The Kier molecular flexibility index (Phi) is 4.15. The van der Waals surface area contributed by atoms with Crippen LogP contribution in [0, 0.1) is 12.3 Å². The van der Waals surface area contributed by atoms with E-state index in [2.05, 4.69) is 10.9 Å². The van der Waals surface area contributed by atoms with Crippen LogP contribution in [0.3, 0.4) is 0 Å². The van der Waals surface area contributed by atoms with Gasteiger partial charge in [-0.3, -0.25) is 4.79 Å². The Bertz CT molecular complexity index is 492. The number of hydrogen-bond donors (Lipinski definition) is 1. The molecule has 1 heterocycles. The van der Waals surface area contributed by atoms with Crippen molar-refractivity contribution in [3.8, 4) is 18.2 Å². The third-order valence-electron chi connectivity index (χ3n) is 1.90. The van der Waals surface area contributed by atoms with Gasteiger partial charge in [-0.1, -0.05) is 0 Å². The molecule has 1 amide bonds. The molecule has 0 aromatic carbocycles. The van der Waals surface area contributed by atoms with Crippen LogP contribution in [0.25, 0.3) is 0 Å². The van der Waals surface area contributed by atoms with E-state index in [1.807, 2.05) is 0 Å². The summed E-state index contributed by atoms with van der Waals surface area (Å²) in [5.74, 6) is 0.851. The van der Waals surface area contributed by atoms with Crippen molar-refractivity contribution in [1.82, 2.24) is 4.98 Å². The Balaban J connectivity index is 3.09. The lowest BCUT2D eigenvalue weighted by atomic mass is 10.2. The maximum Gasteiger partial charge on any atom is 0.433 e. The molecule has 0 atom stereocenters. The summed E-state index contributed by atoms with van der Waals surface area (Å²) in [6.07, 6.45) is 0.520. The first-order valence-corrected chi connectivity index (χ1v) is 4.80. The first-order chi connectivity index (χ1) is 8.36. The van der Waals surface area contributed by atoms with E-state index in [9.17, 15) is 18.0 Å². The standard InChI is InChI=1S/C11H9F3N2O2/c1-2-3-6-18-10-7(9(15)17)4-5-8(16-10)11(12,13)14/h1,4-5H,3,6H2,(H2,15,17). The van der Waals surface area contributed by atoms with Crippen LogP contribution in [0.5, 0.6) is 5.88 Å². The molecule has 0 saturated carbocycles. The lowest BCUT2D eigenvalue weighted by molar-refractivity contribution is -0.141. The van der Waals surface area contributed by atoms with Gasteiger partial charge in [-0.05, 0) is 12.1 Å². The molecule has 0 spiro atoms. The third-order valence-corrected chi connectivity index (χ3v) is 1.90. The van der Waals surface area contributed by atoms with Crippen molar-refractivity contribution >= 4 is 5.91 Å². The second-order valence-corrected chi connectivity index (χ2v) is 3.21. The summed E-state index contributed by atoms with van der Waals surface area (Å²) in [6, 6.07) is 1.58. The molecule has 2 N–H and O–H groups in total. The van der Waals surface area contributed by atoms with E-state index in [0.29, 0.717) is 6.07 Å². The molecule has 1 aromatic rings. The van der Waals surface area contributed by atoms with Gasteiger partial charge in [0.1, 0.15) is 17.9 Å². The van der Waals surface area contributed by atoms with Gasteiger partial charge in [0.2, 0.25) is 5.88 Å². The van der Waals surface area contributed by atoms with Crippen molar-refractivity contribution in [2.24, 2.45) is 5.73 Å². The zero-order valence-electron chi connectivity index (χ0n) is 9.12. The highest BCUT2D eigenvalue weighted by molar-refractivity contribution is 5.95. The molecule has 0 aliphatic rings. The maximum atomic E-state index is 12.4. The van der Waals surface area contributed by atoms with Gasteiger partial charge in [0, 0.05) is 6.42 Å². The van der Waals surface area contributed by atoms with Gasteiger partial charge in [0.15, 0.2) is 0 Å². The summed E-state index contributed by atoms with van der Waals surface area (Å²) in [7, 11) is 0. The molecule has 18 heavy (non-hydrogen) atoms. The van der Waals surface area contributed by atoms with Gasteiger partial charge in [-0.15, -0.1) is 12.3 Å².